The number of carbonyl (C=O) groups excluding carboxylic acids is 2. The molecule has 1 aliphatic heterocycles. The Kier molecular flexibility index (Phi) is 8.46. The number of thiocarbonyl (C=S) groups is 1. The highest BCUT2D eigenvalue weighted by Gasteiger charge is 2.33. The molecule has 2 aromatic carbocycles. The van der Waals surface area contributed by atoms with E-state index in [0.29, 0.717) is 31.2 Å². The molecule has 0 saturated carbocycles. The molecular weight excluding hydrogens is 561 g/mol. The fourth-order valence-electron chi connectivity index (χ4n) is 2.76. The zero-order valence-corrected chi connectivity index (χ0v) is 21.5. The van der Waals surface area contributed by atoms with Crippen molar-refractivity contribution in [3.63, 3.8) is 0 Å². The molecular formula is C21H16BrCl2NO5S2. The predicted molar refractivity (Wildman–Crippen MR) is 135 cm³/mol. The summed E-state index contributed by atoms with van der Waals surface area (Å²) in [5.74, 6) is -0.290. The molecule has 0 aliphatic carbocycles. The molecule has 1 fully saturated rings. The number of benzene rings is 2. The molecule has 11 heteroatoms. The third-order valence-corrected chi connectivity index (χ3v) is 6.96. The first kappa shape index (κ1) is 24.9. The third kappa shape index (κ3) is 5.58. The monoisotopic (exact) mass is 575 g/mol. The van der Waals surface area contributed by atoms with Crippen LogP contribution in [0.1, 0.15) is 12.5 Å². The van der Waals surface area contributed by atoms with Gasteiger partial charge in [0.15, 0.2) is 22.4 Å². The summed E-state index contributed by atoms with van der Waals surface area (Å²) in [4.78, 5) is 26.4. The van der Waals surface area contributed by atoms with E-state index in [1.807, 2.05) is 0 Å². The number of halogens is 3. The number of esters is 1. The smallest absolute Gasteiger partial charge is 0.344 e. The molecule has 168 valence electrons. The van der Waals surface area contributed by atoms with Crippen LogP contribution in [0.4, 0.5) is 5.69 Å². The Hall–Kier alpha value is -1.78. The van der Waals surface area contributed by atoms with Crippen molar-refractivity contribution < 1.29 is 23.8 Å². The van der Waals surface area contributed by atoms with Gasteiger partial charge in [-0.1, -0.05) is 47.2 Å². The molecule has 1 heterocycles. The van der Waals surface area contributed by atoms with E-state index >= 15 is 0 Å². The van der Waals surface area contributed by atoms with Crippen LogP contribution >= 0.6 is 63.1 Å². The number of amides is 1. The first-order valence-electron chi connectivity index (χ1n) is 9.14. The van der Waals surface area contributed by atoms with E-state index in [0.717, 1.165) is 16.2 Å². The summed E-state index contributed by atoms with van der Waals surface area (Å²) in [6.07, 6.45) is 1.66. The van der Waals surface area contributed by atoms with Gasteiger partial charge < -0.3 is 14.2 Å². The molecule has 1 saturated heterocycles. The Morgan fingerprint density at radius 2 is 2.00 bits per heavy atom. The topological polar surface area (TPSA) is 65.1 Å². The van der Waals surface area contributed by atoms with E-state index in [-0.39, 0.29) is 29.9 Å². The Balaban J connectivity index is 1.87. The van der Waals surface area contributed by atoms with Gasteiger partial charge in [0.1, 0.15) is 0 Å². The first-order chi connectivity index (χ1) is 15.2. The molecule has 1 aliphatic rings. The lowest BCUT2D eigenvalue weighted by molar-refractivity contribution is -0.145. The quantitative estimate of drug-likeness (QED) is 0.224. The molecule has 6 nitrogen and oxygen atoms in total. The Morgan fingerprint density at radius 3 is 2.66 bits per heavy atom. The fourth-order valence-corrected chi connectivity index (χ4v) is 4.76. The van der Waals surface area contributed by atoms with Gasteiger partial charge in [0, 0.05) is 4.47 Å². The van der Waals surface area contributed by atoms with Crippen molar-refractivity contribution in [1.29, 1.82) is 0 Å². The van der Waals surface area contributed by atoms with Crippen molar-refractivity contribution in [2.24, 2.45) is 0 Å². The maximum absolute atomic E-state index is 13.0. The summed E-state index contributed by atoms with van der Waals surface area (Å²) in [6, 6.07) is 8.41. The molecule has 0 radical (unpaired) electrons. The average molecular weight is 577 g/mol. The lowest BCUT2D eigenvalue weighted by Gasteiger charge is -2.15. The van der Waals surface area contributed by atoms with E-state index in [4.69, 9.17) is 49.6 Å². The normalized spacial score (nSPS) is 14.8. The zero-order chi connectivity index (χ0) is 23.4. The van der Waals surface area contributed by atoms with Crippen molar-refractivity contribution in [3.8, 4) is 11.5 Å². The molecule has 0 unspecified atom stereocenters. The van der Waals surface area contributed by atoms with Crippen LogP contribution in [0.3, 0.4) is 0 Å². The Labute approximate surface area is 212 Å². The van der Waals surface area contributed by atoms with Gasteiger partial charge in [-0.05, 0) is 64.8 Å². The second-order valence-electron chi connectivity index (χ2n) is 6.24. The van der Waals surface area contributed by atoms with Gasteiger partial charge in [-0.2, -0.15) is 0 Å². The SMILES string of the molecule is CCOC(=O)COc1c(Cl)cc(/C=C2\SC(=S)N(c3ccc(Br)c(Cl)c3)C2=O)cc1OC. The number of rotatable bonds is 7. The van der Waals surface area contributed by atoms with Gasteiger partial charge in [-0.15, -0.1) is 0 Å². The van der Waals surface area contributed by atoms with Gasteiger partial charge in [0.25, 0.3) is 5.91 Å². The summed E-state index contributed by atoms with van der Waals surface area (Å²) in [6.45, 7) is 1.64. The standard InChI is InChI=1S/C21H16BrCl2NO5S2/c1-3-29-18(26)10-30-19-15(24)6-11(7-16(19)28-2)8-17-20(27)25(21(31)32-17)12-4-5-13(22)14(23)9-12/h4-9H,3,10H2,1-2H3/b17-8-. The summed E-state index contributed by atoms with van der Waals surface area (Å²) >= 11 is 22.4. The van der Waals surface area contributed by atoms with Crippen molar-refractivity contribution >= 4 is 91.1 Å². The highest BCUT2D eigenvalue weighted by molar-refractivity contribution is 9.10. The minimum Gasteiger partial charge on any atom is -0.493 e. The van der Waals surface area contributed by atoms with Crippen LogP contribution in [0.5, 0.6) is 11.5 Å². The van der Waals surface area contributed by atoms with Crippen LogP contribution in [0.25, 0.3) is 6.08 Å². The maximum atomic E-state index is 13.0. The van der Waals surface area contributed by atoms with Gasteiger partial charge in [-0.25, -0.2) is 4.79 Å². The highest BCUT2D eigenvalue weighted by Crippen LogP contribution is 2.40. The number of methoxy groups -OCH3 is 1. The summed E-state index contributed by atoms with van der Waals surface area (Å²) in [5, 5.41) is 0.686. The maximum Gasteiger partial charge on any atom is 0.344 e. The van der Waals surface area contributed by atoms with Gasteiger partial charge in [0.2, 0.25) is 0 Å². The number of carbonyl (C=O) groups is 2. The van der Waals surface area contributed by atoms with Crippen LogP contribution in [0.15, 0.2) is 39.7 Å². The summed E-state index contributed by atoms with van der Waals surface area (Å²) in [5.41, 5.74) is 1.17. The molecule has 0 spiro atoms. The highest BCUT2D eigenvalue weighted by atomic mass is 79.9. The van der Waals surface area contributed by atoms with Crippen LogP contribution in [0, 0.1) is 0 Å². The average Bonchev–Trinajstić information content (AvgIpc) is 3.02. The van der Waals surface area contributed by atoms with Crippen LogP contribution < -0.4 is 14.4 Å². The van der Waals surface area contributed by atoms with Crippen molar-refractivity contribution in [3.05, 3.63) is 55.3 Å². The lowest BCUT2D eigenvalue weighted by atomic mass is 10.1. The van der Waals surface area contributed by atoms with Crippen molar-refractivity contribution in [1.82, 2.24) is 0 Å². The van der Waals surface area contributed by atoms with Gasteiger partial charge >= 0.3 is 5.97 Å². The Morgan fingerprint density at radius 1 is 1.25 bits per heavy atom. The van der Waals surface area contributed by atoms with Crippen LogP contribution in [-0.4, -0.2) is 36.5 Å². The molecule has 0 aromatic heterocycles. The minimum atomic E-state index is -0.522. The largest absolute Gasteiger partial charge is 0.493 e. The number of anilines is 1. The molecule has 3 rings (SSSR count). The molecule has 2 aromatic rings. The molecule has 32 heavy (non-hydrogen) atoms. The Bertz CT molecular complexity index is 1130. The molecule has 0 bridgehead atoms. The van der Waals surface area contributed by atoms with Gasteiger partial charge in [-0.3, -0.25) is 9.69 Å². The number of nitrogens with zero attached hydrogens (tertiary/aromatic N) is 1. The number of ether oxygens (including phenoxy) is 3. The predicted octanol–water partition coefficient (Wildman–Crippen LogP) is 6.11. The summed E-state index contributed by atoms with van der Waals surface area (Å²) < 4.78 is 16.8. The summed E-state index contributed by atoms with van der Waals surface area (Å²) in [7, 11) is 1.45. The minimum absolute atomic E-state index is 0.205. The van der Waals surface area contributed by atoms with E-state index < -0.39 is 5.97 Å². The fraction of sp³-hybridized carbons (Fsp3) is 0.190. The van der Waals surface area contributed by atoms with E-state index in [2.05, 4.69) is 15.9 Å². The van der Waals surface area contributed by atoms with Crippen molar-refractivity contribution in [2.45, 2.75) is 6.92 Å². The zero-order valence-electron chi connectivity index (χ0n) is 16.8. The van der Waals surface area contributed by atoms with E-state index in [9.17, 15) is 9.59 Å². The van der Waals surface area contributed by atoms with E-state index in [1.165, 1.54) is 12.0 Å². The lowest BCUT2D eigenvalue weighted by Crippen LogP contribution is -2.27. The molecule has 0 atom stereocenters. The molecule has 1 amide bonds. The number of hydrogen-bond acceptors (Lipinski definition) is 7. The number of hydrogen-bond donors (Lipinski definition) is 0. The first-order valence-corrected chi connectivity index (χ1v) is 11.9. The number of thioether (sulfide) groups is 1. The third-order valence-electron chi connectivity index (χ3n) is 4.14. The van der Waals surface area contributed by atoms with Crippen LogP contribution in [-0.2, 0) is 14.3 Å². The van der Waals surface area contributed by atoms with Crippen molar-refractivity contribution in [2.75, 3.05) is 25.2 Å². The second kappa shape index (κ2) is 10.9. The van der Waals surface area contributed by atoms with Gasteiger partial charge in [0.05, 0.1) is 34.4 Å². The van der Waals surface area contributed by atoms with E-state index in [1.54, 1.807) is 43.3 Å². The van der Waals surface area contributed by atoms with Crippen LogP contribution in [0.2, 0.25) is 10.0 Å². The second-order valence-corrected chi connectivity index (χ2v) is 9.59. The molecule has 0 N–H and O–H groups in total.